The van der Waals surface area contributed by atoms with Crippen molar-refractivity contribution in [2.24, 2.45) is 0 Å². The van der Waals surface area contributed by atoms with Gasteiger partial charge in [0.15, 0.2) is 6.10 Å². The maximum Gasteiger partial charge on any atom is 0.306 e. The Kier molecular flexibility index (Phi) is 36.6. The average molecular weight is 766 g/mol. The minimum absolute atomic E-state index is 0.0442. The second kappa shape index (κ2) is 38.0. The Morgan fingerprint density at radius 3 is 1.33 bits per heavy atom. The van der Waals surface area contributed by atoms with Gasteiger partial charge in [0.25, 0.3) is 0 Å². The number of carbonyl (C=O) groups excluding carboxylic acids is 3. The van der Waals surface area contributed by atoms with Crippen LogP contribution in [0.2, 0.25) is 0 Å². The summed E-state index contributed by atoms with van der Waals surface area (Å²) < 4.78 is 17.1. The summed E-state index contributed by atoms with van der Waals surface area (Å²) in [6, 6.07) is -0.721. The molecule has 0 aromatic carbocycles. The summed E-state index contributed by atoms with van der Waals surface area (Å²) in [4.78, 5) is 36.7. The Hall–Kier alpha value is -1.93. The van der Waals surface area contributed by atoms with E-state index in [0.29, 0.717) is 12.8 Å². The Morgan fingerprint density at radius 1 is 0.537 bits per heavy atom. The molecule has 0 aliphatic carbocycles. The zero-order valence-electron chi connectivity index (χ0n) is 36.2. The lowest BCUT2D eigenvalue weighted by Gasteiger charge is -2.34. The molecule has 0 radical (unpaired) electrons. The number of rotatable bonds is 41. The number of allylic oxidation sites excluding steroid dienone is 2. The van der Waals surface area contributed by atoms with Gasteiger partial charge >= 0.3 is 11.9 Å². The molecule has 0 aliphatic rings. The number of carboxylic acid groups (broad SMARTS) is 1. The molecule has 0 amide bonds. The summed E-state index contributed by atoms with van der Waals surface area (Å²) >= 11 is 0. The summed E-state index contributed by atoms with van der Waals surface area (Å²) in [7, 11) is 5.40. The van der Waals surface area contributed by atoms with Gasteiger partial charge in [0.2, 0.25) is 0 Å². The smallest absolute Gasteiger partial charge is 0.306 e. The highest BCUT2D eigenvalue weighted by atomic mass is 16.6. The van der Waals surface area contributed by atoms with Gasteiger partial charge in [0, 0.05) is 19.3 Å². The van der Waals surface area contributed by atoms with Crippen molar-refractivity contribution in [3.8, 4) is 0 Å². The quantitative estimate of drug-likeness (QED) is 0.0264. The minimum atomic E-state index is -1.12. The van der Waals surface area contributed by atoms with Gasteiger partial charge in [-0.15, -0.1) is 0 Å². The molecule has 0 rings (SSSR count). The predicted octanol–water partition coefficient (Wildman–Crippen LogP) is 11.0. The van der Waals surface area contributed by atoms with Crippen molar-refractivity contribution in [3.63, 3.8) is 0 Å². The summed E-state index contributed by atoms with van der Waals surface area (Å²) in [6.45, 7) is 4.65. The molecule has 0 saturated carbocycles. The molecule has 0 aliphatic heterocycles. The summed E-state index contributed by atoms with van der Waals surface area (Å²) in [6.07, 6.45) is 39.7. The summed E-state index contributed by atoms with van der Waals surface area (Å²) in [5.41, 5.74) is 0. The fourth-order valence-corrected chi connectivity index (χ4v) is 6.83. The molecule has 0 fully saturated rings. The highest BCUT2D eigenvalue weighted by molar-refractivity contribution is 5.70. The number of nitrogens with zero attached hydrogens (tertiary/aromatic N) is 1. The van der Waals surface area contributed by atoms with E-state index in [0.717, 1.165) is 38.5 Å². The minimum Gasteiger partial charge on any atom is -0.544 e. The molecule has 2 unspecified atom stereocenters. The zero-order chi connectivity index (χ0) is 40.0. The first-order valence-corrected chi connectivity index (χ1v) is 22.7. The first kappa shape index (κ1) is 52.1. The van der Waals surface area contributed by atoms with Gasteiger partial charge in [0.1, 0.15) is 12.6 Å². The van der Waals surface area contributed by atoms with Gasteiger partial charge < -0.3 is 28.6 Å². The lowest BCUT2D eigenvalue weighted by atomic mass is 10.0. The van der Waals surface area contributed by atoms with Crippen LogP contribution in [0, 0.1) is 0 Å². The molecule has 0 N–H and O–H groups in total. The van der Waals surface area contributed by atoms with Crippen LogP contribution >= 0.6 is 0 Å². The molecule has 0 aromatic rings. The van der Waals surface area contributed by atoms with Gasteiger partial charge in [-0.1, -0.05) is 167 Å². The van der Waals surface area contributed by atoms with Crippen molar-refractivity contribution in [1.29, 1.82) is 0 Å². The average Bonchev–Trinajstić information content (AvgIpc) is 3.12. The van der Waals surface area contributed by atoms with E-state index in [1.54, 1.807) is 21.1 Å². The molecule has 0 spiro atoms. The molecule has 54 heavy (non-hydrogen) atoms. The first-order chi connectivity index (χ1) is 26.1. The maximum atomic E-state index is 12.6. The fraction of sp³-hybridized carbons (Fsp3) is 0.891. The number of ether oxygens (including phenoxy) is 3. The number of esters is 2. The van der Waals surface area contributed by atoms with Gasteiger partial charge in [-0.2, -0.15) is 0 Å². The van der Waals surface area contributed by atoms with Crippen LogP contribution in [-0.2, 0) is 28.6 Å². The van der Waals surface area contributed by atoms with E-state index in [1.807, 2.05) is 0 Å². The van der Waals surface area contributed by atoms with Crippen molar-refractivity contribution in [3.05, 3.63) is 12.2 Å². The zero-order valence-corrected chi connectivity index (χ0v) is 36.2. The van der Waals surface area contributed by atoms with Gasteiger partial charge in [-0.25, -0.2) is 0 Å². The Bertz CT molecular complexity index is 900. The molecule has 0 heterocycles. The lowest BCUT2D eigenvalue weighted by Crippen LogP contribution is -2.55. The van der Waals surface area contributed by atoms with Crippen LogP contribution in [0.4, 0.5) is 0 Å². The van der Waals surface area contributed by atoms with Crippen LogP contribution in [0.5, 0.6) is 0 Å². The second-order valence-corrected chi connectivity index (χ2v) is 16.6. The number of aliphatic carboxylic acids is 1. The summed E-state index contributed by atoms with van der Waals surface area (Å²) in [5, 5.41) is 11.6. The number of unbranched alkanes of at least 4 members (excludes halogenated alkanes) is 25. The van der Waals surface area contributed by atoms with E-state index in [2.05, 4.69) is 26.0 Å². The molecule has 0 aromatic heterocycles. The van der Waals surface area contributed by atoms with Gasteiger partial charge in [-0.3, -0.25) is 9.59 Å². The molecule has 8 nitrogen and oxygen atoms in total. The molecule has 2 atom stereocenters. The first-order valence-electron chi connectivity index (χ1n) is 22.7. The highest BCUT2D eigenvalue weighted by Gasteiger charge is 2.25. The predicted molar refractivity (Wildman–Crippen MR) is 222 cm³/mol. The van der Waals surface area contributed by atoms with E-state index in [9.17, 15) is 19.5 Å². The Morgan fingerprint density at radius 2 is 0.926 bits per heavy atom. The number of quaternary nitrogens is 1. The number of carbonyl (C=O) groups is 3. The Balaban J connectivity index is 4.13. The topological polar surface area (TPSA) is 102 Å². The van der Waals surface area contributed by atoms with Crippen molar-refractivity contribution < 1.29 is 38.2 Å². The molecule has 0 saturated heterocycles. The fourth-order valence-electron chi connectivity index (χ4n) is 6.83. The van der Waals surface area contributed by atoms with Crippen LogP contribution in [0.1, 0.15) is 213 Å². The molecule has 0 bridgehead atoms. The highest BCUT2D eigenvalue weighted by Crippen LogP contribution is 2.15. The van der Waals surface area contributed by atoms with Crippen molar-refractivity contribution >= 4 is 17.9 Å². The third-order valence-corrected chi connectivity index (χ3v) is 10.4. The van der Waals surface area contributed by atoms with Crippen molar-refractivity contribution in [2.45, 2.75) is 225 Å². The second-order valence-electron chi connectivity index (χ2n) is 16.6. The normalized spacial score (nSPS) is 13.0. The molecule has 8 heteroatoms. The van der Waals surface area contributed by atoms with E-state index >= 15 is 0 Å². The van der Waals surface area contributed by atoms with Gasteiger partial charge in [-0.05, 0) is 38.5 Å². The van der Waals surface area contributed by atoms with E-state index in [-0.39, 0.29) is 42.7 Å². The van der Waals surface area contributed by atoms with Crippen LogP contribution in [0.3, 0.4) is 0 Å². The van der Waals surface area contributed by atoms with Crippen molar-refractivity contribution in [1.82, 2.24) is 0 Å². The van der Waals surface area contributed by atoms with E-state index in [1.165, 1.54) is 141 Å². The molecular weight excluding hydrogens is 679 g/mol. The Labute approximate surface area is 333 Å². The van der Waals surface area contributed by atoms with Crippen LogP contribution < -0.4 is 5.11 Å². The number of carboxylic acids is 1. The molecule has 318 valence electrons. The van der Waals surface area contributed by atoms with Gasteiger partial charge in [0.05, 0.1) is 40.3 Å². The summed E-state index contributed by atoms with van der Waals surface area (Å²) in [5.74, 6) is -1.73. The number of hydrogen-bond acceptors (Lipinski definition) is 7. The number of likely N-dealkylation sites (N-methyl/N-ethyl adjacent to an activating group) is 1. The largest absolute Gasteiger partial charge is 0.544 e. The molecular formula is C46H87NO7. The third-order valence-electron chi connectivity index (χ3n) is 10.4. The third kappa shape index (κ3) is 35.8. The standard InChI is InChI=1S/C46H87NO7/c1-6-8-10-12-14-16-17-18-19-20-21-22-23-24-25-26-27-28-29-31-32-34-36-44(48)53-41-42(40-52-39-38-43(46(50)51)47(3,4)5)54-45(49)37-35-33-30-15-13-11-9-7-2/h23-24,42-43H,6-22,25-41H2,1-5H3/b24-23+. The number of hydrogen-bond donors (Lipinski definition) is 0. The van der Waals surface area contributed by atoms with E-state index in [4.69, 9.17) is 14.2 Å². The van der Waals surface area contributed by atoms with Crippen LogP contribution in [0.25, 0.3) is 0 Å². The van der Waals surface area contributed by atoms with E-state index < -0.39 is 18.1 Å². The SMILES string of the molecule is CCCCCCCCCCCCC/C=C/CCCCCCCCCC(=O)OCC(COCCC(C(=O)[O-])[N+](C)(C)C)OC(=O)CCCCCCCCCC. The van der Waals surface area contributed by atoms with Crippen molar-refractivity contribution in [2.75, 3.05) is 41.0 Å². The lowest BCUT2D eigenvalue weighted by molar-refractivity contribution is -0.889. The monoisotopic (exact) mass is 766 g/mol. The maximum absolute atomic E-state index is 12.6. The van der Waals surface area contributed by atoms with Crippen LogP contribution in [0.15, 0.2) is 12.2 Å². The van der Waals surface area contributed by atoms with Crippen LogP contribution in [-0.4, -0.2) is 75.5 Å².